The van der Waals surface area contributed by atoms with E-state index in [-0.39, 0.29) is 35.8 Å². The summed E-state index contributed by atoms with van der Waals surface area (Å²) < 4.78 is 4.88. The number of urea groups is 1. The van der Waals surface area contributed by atoms with Crippen LogP contribution in [0.1, 0.15) is 22.3 Å². The zero-order valence-corrected chi connectivity index (χ0v) is 18.4. The summed E-state index contributed by atoms with van der Waals surface area (Å²) in [6, 6.07) is 14.0. The summed E-state index contributed by atoms with van der Waals surface area (Å²) in [7, 11) is 3.24. The molecule has 0 unspecified atom stereocenters. The number of carbonyl (C=O) groups is 3. The molecular weight excluding hydrogens is 420 g/mol. The minimum absolute atomic E-state index is 0.0990. The smallest absolute Gasteiger partial charge is 0.317 e. The fourth-order valence-electron chi connectivity index (χ4n) is 2.71. The lowest BCUT2D eigenvalue weighted by Gasteiger charge is -2.18. The molecule has 0 atom stereocenters. The SMILES string of the molecule is COCCNC(=O)c1ccc(NC(=O)CCNC(=O)N(C)Cc2ccccc2)cc1Cl. The largest absolute Gasteiger partial charge is 0.383 e. The zero-order chi connectivity index (χ0) is 22.6. The first-order chi connectivity index (χ1) is 14.9. The van der Waals surface area contributed by atoms with Crippen LogP contribution in [-0.2, 0) is 16.1 Å². The summed E-state index contributed by atoms with van der Waals surface area (Å²) in [6.45, 7) is 1.44. The van der Waals surface area contributed by atoms with E-state index in [0.717, 1.165) is 5.56 Å². The maximum absolute atomic E-state index is 12.1. The third-order valence-corrected chi connectivity index (χ3v) is 4.64. The van der Waals surface area contributed by atoms with Gasteiger partial charge in [0.15, 0.2) is 0 Å². The van der Waals surface area contributed by atoms with Crippen molar-refractivity contribution in [1.29, 1.82) is 0 Å². The molecule has 0 radical (unpaired) electrons. The summed E-state index contributed by atoms with van der Waals surface area (Å²) in [5, 5.41) is 8.33. The van der Waals surface area contributed by atoms with E-state index >= 15 is 0 Å². The van der Waals surface area contributed by atoms with Crippen molar-refractivity contribution in [3.05, 3.63) is 64.7 Å². The average Bonchev–Trinajstić information content (AvgIpc) is 2.74. The van der Waals surface area contributed by atoms with Crippen molar-refractivity contribution in [2.45, 2.75) is 13.0 Å². The van der Waals surface area contributed by atoms with Crippen LogP contribution in [0.4, 0.5) is 10.5 Å². The lowest BCUT2D eigenvalue weighted by atomic mass is 10.2. The van der Waals surface area contributed by atoms with Gasteiger partial charge in [-0.05, 0) is 23.8 Å². The number of hydrogen-bond donors (Lipinski definition) is 3. The Balaban J connectivity index is 1.76. The summed E-state index contributed by atoms with van der Waals surface area (Å²) in [6.07, 6.45) is 0.0990. The lowest BCUT2D eigenvalue weighted by molar-refractivity contribution is -0.116. The number of halogens is 1. The van der Waals surface area contributed by atoms with E-state index in [4.69, 9.17) is 16.3 Å². The molecular formula is C22H27ClN4O4. The molecule has 0 aliphatic carbocycles. The molecule has 166 valence electrons. The average molecular weight is 447 g/mol. The molecule has 31 heavy (non-hydrogen) atoms. The Labute approximate surface area is 186 Å². The highest BCUT2D eigenvalue weighted by atomic mass is 35.5. The molecule has 2 aromatic carbocycles. The molecule has 4 amide bonds. The third kappa shape index (κ3) is 8.27. The van der Waals surface area contributed by atoms with Gasteiger partial charge in [0.05, 0.1) is 17.2 Å². The number of ether oxygens (including phenoxy) is 1. The Bertz CT molecular complexity index is 892. The van der Waals surface area contributed by atoms with Gasteiger partial charge >= 0.3 is 6.03 Å². The number of nitrogens with one attached hydrogen (secondary N) is 3. The fraction of sp³-hybridized carbons (Fsp3) is 0.318. The number of rotatable bonds is 10. The molecule has 0 spiro atoms. The van der Waals surface area contributed by atoms with Gasteiger partial charge in [0.1, 0.15) is 0 Å². The van der Waals surface area contributed by atoms with Crippen LogP contribution in [0, 0.1) is 0 Å². The monoisotopic (exact) mass is 446 g/mol. The number of anilines is 1. The molecule has 0 aromatic heterocycles. The van der Waals surface area contributed by atoms with E-state index < -0.39 is 0 Å². The second-order valence-electron chi connectivity index (χ2n) is 6.82. The van der Waals surface area contributed by atoms with Crippen LogP contribution < -0.4 is 16.0 Å². The topological polar surface area (TPSA) is 99.8 Å². The van der Waals surface area contributed by atoms with Crippen LogP contribution in [0.3, 0.4) is 0 Å². The van der Waals surface area contributed by atoms with Crippen LogP contribution in [0.25, 0.3) is 0 Å². The minimum atomic E-state index is -0.317. The van der Waals surface area contributed by atoms with Crippen molar-refractivity contribution in [2.24, 2.45) is 0 Å². The van der Waals surface area contributed by atoms with Crippen LogP contribution in [0.2, 0.25) is 5.02 Å². The number of amides is 4. The first-order valence-corrected chi connectivity index (χ1v) is 10.2. The first kappa shape index (κ1) is 24.2. The third-order valence-electron chi connectivity index (χ3n) is 4.33. The van der Waals surface area contributed by atoms with E-state index in [1.54, 1.807) is 31.2 Å². The number of hydrogen-bond acceptors (Lipinski definition) is 4. The van der Waals surface area contributed by atoms with Crippen molar-refractivity contribution in [3.8, 4) is 0 Å². The number of methoxy groups -OCH3 is 1. The van der Waals surface area contributed by atoms with E-state index in [1.165, 1.54) is 6.07 Å². The summed E-state index contributed by atoms with van der Waals surface area (Å²) >= 11 is 6.16. The van der Waals surface area contributed by atoms with Crippen molar-refractivity contribution in [2.75, 3.05) is 39.2 Å². The molecule has 0 saturated heterocycles. The molecule has 0 aliphatic heterocycles. The molecule has 3 N–H and O–H groups in total. The Kier molecular flexibility index (Phi) is 9.80. The predicted molar refractivity (Wildman–Crippen MR) is 120 cm³/mol. The van der Waals surface area contributed by atoms with Crippen LogP contribution in [0.5, 0.6) is 0 Å². The number of carbonyl (C=O) groups excluding carboxylic acids is 3. The van der Waals surface area contributed by atoms with Crippen LogP contribution >= 0.6 is 11.6 Å². The van der Waals surface area contributed by atoms with E-state index in [1.807, 2.05) is 30.3 Å². The summed E-state index contributed by atoms with van der Waals surface area (Å²) in [5.41, 5.74) is 1.80. The highest BCUT2D eigenvalue weighted by Crippen LogP contribution is 2.21. The molecule has 0 aliphatic rings. The van der Waals surface area contributed by atoms with Gasteiger partial charge in [0, 0.05) is 45.9 Å². The number of nitrogens with zero attached hydrogens (tertiary/aromatic N) is 1. The first-order valence-electron chi connectivity index (χ1n) is 9.80. The van der Waals surface area contributed by atoms with Crippen LogP contribution in [0.15, 0.2) is 48.5 Å². The quantitative estimate of drug-likeness (QED) is 0.488. The Hall–Kier alpha value is -3.10. The molecule has 0 heterocycles. The van der Waals surface area contributed by atoms with Gasteiger partial charge in [0.2, 0.25) is 5.91 Å². The van der Waals surface area contributed by atoms with Crippen molar-refractivity contribution < 1.29 is 19.1 Å². The summed E-state index contributed by atoms with van der Waals surface area (Å²) in [4.78, 5) is 37.9. The fourth-order valence-corrected chi connectivity index (χ4v) is 2.98. The van der Waals surface area contributed by atoms with Gasteiger partial charge in [-0.1, -0.05) is 41.9 Å². The Morgan fingerprint density at radius 1 is 1.03 bits per heavy atom. The van der Waals surface area contributed by atoms with Crippen molar-refractivity contribution in [3.63, 3.8) is 0 Å². The Morgan fingerprint density at radius 2 is 1.77 bits per heavy atom. The maximum Gasteiger partial charge on any atom is 0.317 e. The van der Waals surface area contributed by atoms with Gasteiger partial charge in [-0.2, -0.15) is 0 Å². The standard InChI is InChI=1S/C22H27ClN4O4/c1-27(15-16-6-4-3-5-7-16)22(30)25-11-10-20(28)26-17-8-9-18(19(23)14-17)21(29)24-12-13-31-2/h3-9,14H,10-13,15H2,1-2H3,(H,24,29)(H,25,30)(H,26,28). The summed E-state index contributed by atoms with van der Waals surface area (Å²) in [5.74, 6) is -0.596. The van der Waals surface area contributed by atoms with E-state index in [9.17, 15) is 14.4 Å². The minimum Gasteiger partial charge on any atom is -0.383 e. The highest BCUT2D eigenvalue weighted by molar-refractivity contribution is 6.34. The van der Waals surface area contributed by atoms with Crippen molar-refractivity contribution in [1.82, 2.24) is 15.5 Å². The molecule has 8 nitrogen and oxygen atoms in total. The second-order valence-corrected chi connectivity index (χ2v) is 7.22. The van der Waals surface area contributed by atoms with Gasteiger partial charge in [-0.3, -0.25) is 9.59 Å². The van der Waals surface area contributed by atoms with Crippen molar-refractivity contribution >= 4 is 35.1 Å². The van der Waals surface area contributed by atoms with Gasteiger partial charge in [-0.15, -0.1) is 0 Å². The van der Waals surface area contributed by atoms with Crippen LogP contribution in [-0.4, -0.2) is 56.6 Å². The van der Waals surface area contributed by atoms with E-state index in [0.29, 0.717) is 30.9 Å². The number of benzene rings is 2. The lowest BCUT2D eigenvalue weighted by Crippen LogP contribution is -2.38. The van der Waals surface area contributed by atoms with Gasteiger partial charge < -0.3 is 25.6 Å². The molecule has 0 saturated carbocycles. The molecule has 9 heteroatoms. The maximum atomic E-state index is 12.1. The molecule has 0 bridgehead atoms. The molecule has 2 aromatic rings. The molecule has 0 fully saturated rings. The molecule has 2 rings (SSSR count). The Morgan fingerprint density at radius 3 is 2.45 bits per heavy atom. The van der Waals surface area contributed by atoms with Gasteiger partial charge in [-0.25, -0.2) is 4.79 Å². The predicted octanol–water partition coefficient (Wildman–Crippen LogP) is 2.89. The zero-order valence-electron chi connectivity index (χ0n) is 17.6. The highest BCUT2D eigenvalue weighted by Gasteiger charge is 2.12. The normalized spacial score (nSPS) is 10.3. The second kappa shape index (κ2) is 12.6. The van der Waals surface area contributed by atoms with Gasteiger partial charge in [0.25, 0.3) is 5.91 Å². The van der Waals surface area contributed by atoms with E-state index in [2.05, 4.69) is 16.0 Å².